The van der Waals surface area contributed by atoms with Crippen molar-refractivity contribution in [3.05, 3.63) is 0 Å². The van der Waals surface area contributed by atoms with Gasteiger partial charge in [0.15, 0.2) is 9.84 Å². The lowest BCUT2D eigenvalue weighted by Crippen LogP contribution is -2.23. The van der Waals surface area contributed by atoms with Crippen LogP contribution in [-0.4, -0.2) is 25.7 Å². The predicted octanol–water partition coefficient (Wildman–Crippen LogP) is 1.43. The third-order valence-corrected chi connectivity index (χ3v) is 4.47. The molecule has 14 heavy (non-hydrogen) atoms. The average Bonchev–Trinajstić information content (AvgIpc) is 2.28. The minimum Gasteiger partial charge on any atom is -0.299 e. The molecule has 0 aliphatic carbocycles. The van der Waals surface area contributed by atoms with Gasteiger partial charge in [0.1, 0.15) is 5.78 Å². The molecule has 0 bridgehead atoms. The van der Waals surface area contributed by atoms with Gasteiger partial charge in [0, 0.05) is 11.8 Å². The van der Waals surface area contributed by atoms with E-state index in [0.717, 1.165) is 0 Å². The summed E-state index contributed by atoms with van der Waals surface area (Å²) in [7, 11) is -2.84. The van der Waals surface area contributed by atoms with Crippen LogP contribution in [0.1, 0.15) is 33.6 Å². The molecule has 0 aromatic carbocycles. The summed E-state index contributed by atoms with van der Waals surface area (Å²) in [5, 5.41) is 0. The zero-order chi connectivity index (χ0) is 11.0. The predicted molar refractivity (Wildman–Crippen MR) is 55.8 cm³/mol. The molecule has 0 radical (unpaired) electrons. The van der Waals surface area contributed by atoms with Crippen LogP contribution in [0.5, 0.6) is 0 Å². The van der Waals surface area contributed by atoms with Crippen LogP contribution >= 0.6 is 0 Å². The number of ketones is 1. The van der Waals surface area contributed by atoms with E-state index in [4.69, 9.17) is 0 Å². The van der Waals surface area contributed by atoms with Crippen LogP contribution in [0.25, 0.3) is 0 Å². The van der Waals surface area contributed by atoms with E-state index in [1.54, 1.807) is 0 Å². The van der Waals surface area contributed by atoms with Crippen LogP contribution in [0.15, 0.2) is 0 Å². The van der Waals surface area contributed by atoms with Crippen molar-refractivity contribution in [3.63, 3.8) is 0 Å². The maximum Gasteiger partial charge on any atom is 0.150 e. The summed E-state index contributed by atoms with van der Waals surface area (Å²) in [6, 6.07) is 0. The van der Waals surface area contributed by atoms with E-state index in [9.17, 15) is 13.2 Å². The van der Waals surface area contributed by atoms with Crippen LogP contribution in [0.3, 0.4) is 0 Å². The topological polar surface area (TPSA) is 51.2 Å². The molecule has 82 valence electrons. The molecule has 1 rings (SSSR count). The van der Waals surface area contributed by atoms with Gasteiger partial charge in [-0.3, -0.25) is 4.79 Å². The Morgan fingerprint density at radius 1 is 1.36 bits per heavy atom. The van der Waals surface area contributed by atoms with Crippen molar-refractivity contribution in [2.24, 2.45) is 11.3 Å². The lowest BCUT2D eigenvalue weighted by atomic mass is 9.85. The standard InChI is InChI=1S/C10H18O3S/c1-10(2,3)9(11)6-8-4-5-14(12,13)7-8/h8H,4-7H2,1-3H3. The van der Waals surface area contributed by atoms with E-state index in [1.807, 2.05) is 20.8 Å². The zero-order valence-electron chi connectivity index (χ0n) is 9.04. The SMILES string of the molecule is CC(C)(C)C(=O)CC1CCS(=O)(=O)C1. The van der Waals surface area contributed by atoms with Gasteiger partial charge >= 0.3 is 0 Å². The highest BCUT2D eigenvalue weighted by Crippen LogP contribution is 2.26. The van der Waals surface area contributed by atoms with Crippen LogP contribution in [-0.2, 0) is 14.6 Å². The van der Waals surface area contributed by atoms with E-state index in [0.29, 0.717) is 12.8 Å². The molecule has 0 saturated carbocycles. The molecule has 1 aliphatic rings. The number of hydrogen-bond donors (Lipinski definition) is 0. The molecule has 1 unspecified atom stereocenters. The Balaban J connectivity index is 2.53. The van der Waals surface area contributed by atoms with E-state index >= 15 is 0 Å². The lowest BCUT2D eigenvalue weighted by molar-refractivity contribution is -0.127. The molecule has 3 nitrogen and oxygen atoms in total. The van der Waals surface area contributed by atoms with Crippen molar-refractivity contribution in [2.75, 3.05) is 11.5 Å². The van der Waals surface area contributed by atoms with Gasteiger partial charge in [-0.2, -0.15) is 0 Å². The maximum absolute atomic E-state index is 11.6. The molecule has 1 atom stereocenters. The molecule has 0 amide bonds. The average molecular weight is 218 g/mol. The molecule has 4 heteroatoms. The van der Waals surface area contributed by atoms with Gasteiger partial charge in [-0.05, 0) is 12.3 Å². The van der Waals surface area contributed by atoms with Crippen LogP contribution < -0.4 is 0 Å². The van der Waals surface area contributed by atoms with Crippen LogP contribution in [0.2, 0.25) is 0 Å². The molecule has 0 aromatic heterocycles. The number of Topliss-reactive ketones (excluding diaryl/α,β-unsaturated/α-hetero) is 1. The minimum absolute atomic E-state index is 0.0618. The number of hydrogen-bond acceptors (Lipinski definition) is 3. The van der Waals surface area contributed by atoms with Crippen molar-refractivity contribution in [3.8, 4) is 0 Å². The Hall–Kier alpha value is -0.380. The minimum atomic E-state index is -2.84. The molecule has 1 heterocycles. The number of carbonyl (C=O) groups excluding carboxylic acids is 1. The lowest BCUT2D eigenvalue weighted by Gasteiger charge is -2.18. The summed E-state index contributed by atoms with van der Waals surface area (Å²) < 4.78 is 22.3. The fourth-order valence-corrected chi connectivity index (χ4v) is 3.46. The van der Waals surface area contributed by atoms with E-state index in [1.165, 1.54) is 0 Å². The van der Waals surface area contributed by atoms with E-state index in [-0.39, 0.29) is 28.6 Å². The summed E-state index contributed by atoms with van der Waals surface area (Å²) in [6.45, 7) is 5.62. The fraction of sp³-hybridized carbons (Fsp3) is 0.900. The summed E-state index contributed by atoms with van der Waals surface area (Å²) in [4.78, 5) is 11.6. The normalized spacial score (nSPS) is 26.4. The van der Waals surface area contributed by atoms with E-state index < -0.39 is 9.84 Å². The third-order valence-electron chi connectivity index (χ3n) is 2.64. The summed E-state index contributed by atoms with van der Waals surface area (Å²) in [5.41, 5.74) is -0.341. The molecule has 0 N–H and O–H groups in total. The van der Waals surface area contributed by atoms with Crippen LogP contribution in [0.4, 0.5) is 0 Å². The smallest absolute Gasteiger partial charge is 0.150 e. The largest absolute Gasteiger partial charge is 0.299 e. The molecular formula is C10H18O3S. The van der Waals surface area contributed by atoms with Gasteiger partial charge in [-0.25, -0.2) is 8.42 Å². The summed E-state index contributed by atoms with van der Waals surface area (Å²) >= 11 is 0. The first-order chi connectivity index (χ1) is 6.21. The summed E-state index contributed by atoms with van der Waals surface area (Å²) in [6.07, 6.45) is 1.08. The Kier molecular flexibility index (Phi) is 3.04. The third kappa shape index (κ3) is 3.08. The molecule has 0 spiro atoms. The van der Waals surface area contributed by atoms with Crippen molar-refractivity contribution < 1.29 is 13.2 Å². The molecular weight excluding hydrogens is 200 g/mol. The van der Waals surface area contributed by atoms with Crippen molar-refractivity contribution in [2.45, 2.75) is 33.6 Å². The van der Waals surface area contributed by atoms with Gasteiger partial charge in [0.25, 0.3) is 0 Å². The van der Waals surface area contributed by atoms with Crippen molar-refractivity contribution >= 4 is 15.6 Å². The van der Waals surface area contributed by atoms with Gasteiger partial charge in [0.2, 0.25) is 0 Å². The quantitative estimate of drug-likeness (QED) is 0.704. The van der Waals surface area contributed by atoms with Crippen LogP contribution in [0, 0.1) is 11.3 Å². The molecule has 0 aromatic rings. The molecule has 1 fully saturated rings. The first kappa shape index (κ1) is 11.7. The number of rotatable bonds is 2. The van der Waals surface area contributed by atoms with Gasteiger partial charge in [-0.1, -0.05) is 20.8 Å². The Labute approximate surface area is 85.8 Å². The van der Waals surface area contributed by atoms with Gasteiger partial charge in [-0.15, -0.1) is 0 Å². The second-order valence-electron chi connectivity index (χ2n) is 5.15. The Morgan fingerprint density at radius 3 is 2.29 bits per heavy atom. The monoisotopic (exact) mass is 218 g/mol. The second-order valence-corrected chi connectivity index (χ2v) is 7.38. The fourth-order valence-electron chi connectivity index (χ4n) is 1.60. The van der Waals surface area contributed by atoms with Gasteiger partial charge < -0.3 is 0 Å². The zero-order valence-corrected chi connectivity index (χ0v) is 9.86. The number of carbonyl (C=O) groups is 1. The summed E-state index contributed by atoms with van der Waals surface area (Å²) in [5.74, 6) is 0.690. The highest BCUT2D eigenvalue weighted by atomic mass is 32.2. The highest BCUT2D eigenvalue weighted by Gasteiger charge is 2.32. The maximum atomic E-state index is 11.6. The Morgan fingerprint density at radius 2 is 1.93 bits per heavy atom. The molecule has 1 aliphatic heterocycles. The van der Waals surface area contributed by atoms with Crippen molar-refractivity contribution in [1.29, 1.82) is 0 Å². The first-order valence-corrected chi connectivity index (χ1v) is 6.76. The second kappa shape index (κ2) is 3.65. The van der Waals surface area contributed by atoms with Gasteiger partial charge in [0.05, 0.1) is 11.5 Å². The van der Waals surface area contributed by atoms with E-state index in [2.05, 4.69) is 0 Å². The highest BCUT2D eigenvalue weighted by molar-refractivity contribution is 7.91. The number of sulfone groups is 1. The first-order valence-electron chi connectivity index (χ1n) is 4.94. The molecule has 1 saturated heterocycles. The van der Waals surface area contributed by atoms with Crippen molar-refractivity contribution in [1.82, 2.24) is 0 Å². The Bertz CT molecular complexity index is 322.